The first-order valence-corrected chi connectivity index (χ1v) is 6.41. The lowest BCUT2D eigenvalue weighted by molar-refractivity contribution is 0.219. The molecular formula is C8H16F2N2O2S. The number of rotatable bonds is 4. The monoisotopic (exact) mass is 242 g/mol. The molecule has 0 saturated carbocycles. The first-order valence-electron chi connectivity index (χ1n) is 4.91. The molecule has 0 aromatic rings. The topological polar surface area (TPSA) is 49.4 Å². The molecule has 7 heteroatoms. The summed E-state index contributed by atoms with van der Waals surface area (Å²) in [4.78, 5) is 0. The van der Waals surface area contributed by atoms with Crippen molar-refractivity contribution in [2.24, 2.45) is 0 Å². The van der Waals surface area contributed by atoms with Crippen LogP contribution in [0.25, 0.3) is 0 Å². The zero-order valence-electron chi connectivity index (χ0n) is 8.62. The fourth-order valence-corrected chi connectivity index (χ4v) is 2.29. The van der Waals surface area contributed by atoms with Crippen molar-refractivity contribution < 1.29 is 17.2 Å². The smallest absolute Gasteiger partial charge is 0.313 e. The molecular weight excluding hydrogens is 226 g/mol. The van der Waals surface area contributed by atoms with Crippen LogP contribution in [0.5, 0.6) is 0 Å². The van der Waals surface area contributed by atoms with Crippen LogP contribution in [0.2, 0.25) is 0 Å². The van der Waals surface area contributed by atoms with E-state index in [1.807, 2.05) is 0 Å². The number of halogens is 2. The molecule has 0 amide bonds. The van der Waals surface area contributed by atoms with Gasteiger partial charge in [0.05, 0.1) is 0 Å². The van der Waals surface area contributed by atoms with E-state index in [-0.39, 0.29) is 12.6 Å². The molecule has 1 unspecified atom stereocenters. The number of hydrogen-bond donors (Lipinski definition) is 1. The van der Waals surface area contributed by atoms with Gasteiger partial charge in [0.2, 0.25) is 0 Å². The van der Waals surface area contributed by atoms with E-state index in [1.54, 1.807) is 0 Å². The van der Waals surface area contributed by atoms with Crippen molar-refractivity contribution >= 4 is 10.0 Å². The average Bonchev–Trinajstić information content (AvgIpc) is 2.18. The molecule has 0 radical (unpaired) electrons. The summed E-state index contributed by atoms with van der Waals surface area (Å²) in [6.07, 6.45) is 2.91. The molecule has 0 aromatic carbocycles. The van der Waals surface area contributed by atoms with Gasteiger partial charge in [0.1, 0.15) is 0 Å². The summed E-state index contributed by atoms with van der Waals surface area (Å²) in [5.74, 6) is -3.33. The van der Waals surface area contributed by atoms with Crippen molar-refractivity contribution in [1.82, 2.24) is 9.62 Å². The van der Waals surface area contributed by atoms with Crippen molar-refractivity contribution in [3.63, 3.8) is 0 Å². The molecule has 0 aromatic heterocycles. The van der Waals surface area contributed by atoms with Crippen molar-refractivity contribution in [2.45, 2.75) is 31.1 Å². The fourth-order valence-electron chi connectivity index (χ4n) is 1.63. The molecule has 1 fully saturated rings. The Bertz CT molecular complexity index is 289. The first kappa shape index (κ1) is 12.8. The van der Waals surface area contributed by atoms with Crippen LogP contribution in [0.15, 0.2) is 0 Å². The summed E-state index contributed by atoms with van der Waals surface area (Å²) in [5, 5.41) is 3.11. The van der Waals surface area contributed by atoms with E-state index in [0.717, 1.165) is 30.1 Å². The Morgan fingerprint density at radius 2 is 2.13 bits per heavy atom. The average molecular weight is 242 g/mol. The number of hydrogen-bond acceptors (Lipinski definition) is 3. The highest BCUT2D eigenvalue weighted by molar-refractivity contribution is 7.89. The van der Waals surface area contributed by atoms with Gasteiger partial charge in [-0.1, -0.05) is 6.42 Å². The van der Waals surface area contributed by atoms with Gasteiger partial charge in [0.25, 0.3) is 10.0 Å². The van der Waals surface area contributed by atoms with Crippen LogP contribution in [0, 0.1) is 0 Å². The predicted molar refractivity (Wildman–Crippen MR) is 53.2 cm³/mol. The third kappa shape index (κ3) is 3.35. The molecule has 15 heavy (non-hydrogen) atoms. The summed E-state index contributed by atoms with van der Waals surface area (Å²) >= 11 is 0. The number of alkyl halides is 2. The normalized spacial score (nSPS) is 23.7. The van der Waals surface area contributed by atoms with Crippen LogP contribution < -0.4 is 5.32 Å². The highest BCUT2D eigenvalue weighted by atomic mass is 32.2. The number of likely N-dealkylation sites (N-methyl/N-ethyl adjacent to an activating group) is 1. The van der Waals surface area contributed by atoms with E-state index in [2.05, 4.69) is 5.32 Å². The Labute approximate surface area is 88.7 Å². The molecule has 1 saturated heterocycles. The molecule has 1 aliphatic heterocycles. The summed E-state index contributed by atoms with van der Waals surface area (Å²) in [5.41, 5.74) is 0. The molecule has 0 spiro atoms. The molecule has 4 nitrogen and oxygen atoms in total. The maximum Gasteiger partial charge on any atom is 0.350 e. The second kappa shape index (κ2) is 5.18. The van der Waals surface area contributed by atoms with Gasteiger partial charge in [-0.15, -0.1) is 0 Å². The minimum absolute atomic E-state index is 0.00252. The first-order chi connectivity index (χ1) is 6.94. The third-order valence-electron chi connectivity index (χ3n) is 2.55. The van der Waals surface area contributed by atoms with Crippen LogP contribution in [0.3, 0.4) is 0 Å². The lowest BCUT2D eigenvalue weighted by atomic mass is 10.1. The number of sulfonamides is 1. The largest absolute Gasteiger partial charge is 0.350 e. The van der Waals surface area contributed by atoms with Gasteiger partial charge in [0.15, 0.2) is 0 Å². The van der Waals surface area contributed by atoms with Crippen LogP contribution in [0.1, 0.15) is 19.3 Å². The Morgan fingerprint density at radius 3 is 2.60 bits per heavy atom. The summed E-state index contributed by atoms with van der Waals surface area (Å²) < 4.78 is 47.2. The molecule has 1 heterocycles. The zero-order valence-corrected chi connectivity index (χ0v) is 9.43. The maximum absolute atomic E-state index is 12.2. The lowest BCUT2D eigenvalue weighted by Crippen LogP contribution is -2.45. The summed E-state index contributed by atoms with van der Waals surface area (Å²) in [6.45, 7) is 0.944. The van der Waals surface area contributed by atoms with Crippen LogP contribution in [-0.2, 0) is 10.0 Å². The lowest BCUT2D eigenvalue weighted by Gasteiger charge is -2.27. The quantitative estimate of drug-likeness (QED) is 0.786. The van der Waals surface area contributed by atoms with E-state index >= 15 is 0 Å². The van der Waals surface area contributed by atoms with Gasteiger partial charge in [-0.25, -0.2) is 8.42 Å². The Morgan fingerprint density at radius 1 is 1.47 bits per heavy atom. The number of piperidine rings is 1. The SMILES string of the molecule is CN(CC1CCCCN1)S(=O)(=O)C(F)F. The van der Waals surface area contributed by atoms with E-state index < -0.39 is 15.8 Å². The molecule has 0 bridgehead atoms. The second-order valence-corrected chi connectivity index (χ2v) is 5.74. The minimum Gasteiger partial charge on any atom is -0.313 e. The van der Waals surface area contributed by atoms with E-state index in [9.17, 15) is 17.2 Å². The Kier molecular flexibility index (Phi) is 4.42. The van der Waals surface area contributed by atoms with Crippen molar-refractivity contribution in [1.29, 1.82) is 0 Å². The number of nitrogens with zero attached hydrogens (tertiary/aromatic N) is 1. The predicted octanol–water partition coefficient (Wildman–Crippen LogP) is 0.613. The molecule has 90 valence electrons. The third-order valence-corrected chi connectivity index (χ3v) is 4.02. The highest BCUT2D eigenvalue weighted by Crippen LogP contribution is 2.13. The van der Waals surface area contributed by atoms with E-state index in [0.29, 0.717) is 0 Å². The van der Waals surface area contributed by atoms with Crippen molar-refractivity contribution in [3.8, 4) is 0 Å². The Hall–Kier alpha value is -0.270. The molecule has 1 atom stereocenters. The zero-order chi connectivity index (χ0) is 11.5. The van der Waals surface area contributed by atoms with Crippen molar-refractivity contribution in [3.05, 3.63) is 0 Å². The Balaban J connectivity index is 2.50. The molecule has 0 aliphatic carbocycles. The molecule has 1 N–H and O–H groups in total. The molecule has 1 rings (SSSR count). The van der Waals surface area contributed by atoms with Crippen LogP contribution >= 0.6 is 0 Å². The highest BCUT2D eigenvalue weighted by Gasteiger charge is 2.30. The van der Waals surface area contributed by atoms with Gasteiger partial charge in [-0.05, 0) is 19.4 Å². The molecule has 1 aliphatic rings. The summed E-state index contributed by atoms with van der Waals surface area (Å²) in [6, 6.07) is -0.00252. The van der Waals surface area contributed by atoms with Gasteiger partial charge < -0.3 is 5.32 Å². The van der Waals surface area contributed by atoms with Gasteiger partial charge in [-0.2, -0.15) is 13.1 Å². The van der Waals surface area contributed by atoms with E-state index in [1.165, 1.54) is 7.05 Å². The fraction of sp³-hybridized carbons (Fsp3) is 1.00. The maximum atomic E-state index is 12.2. The summed E-state index contributed by atoms with van der Waals surface area (Å²) in [7, 11) is -3.22. The number of nitrogens with one attached hydrogen (secondary N) is 1. The minimum atomic E-state index is -4.42. The van der Waals surface area contributed by atoms with E-state index in [4.69, 9.17) is 0 Å². The van der Waals surface area contributed by atoms with Crippen LogP contribution in [-0.4, -0.2) is 44.7 Å². The standard InChI is InChI=1S/C8H16F2N2O2S/c1-12(15(13,14)8(9)10)6-7-4-2-3-5-11-7/h7-8,11H,2-6H2,1H3. The van der Waals surface area contributed by atoms with Gasteiger partial charge in [0, 0.05) is 19.6 Å². The van der Waals surface area contributed by atoms with Crippen molar-refractivity contribution in [2.75, 3.05) is 20.1 Å². The second-order valence-electron chi connectivity index (χ2n) is 3.73. The van der Waals surface area contributed by atoms with Gasteiger partial charge in [-0.3, -0.25) is 0 Å². The van der Waals surface area contributed by atoms with Gasteiger partial charge >= 0.3 is 5.76 Å². The van der Waals surface area contributed by atoms with Crippen LogP contribution in [0.4, 0.5) is 8.78 Å².